The van der Waals surface area contributed by atoms with Crippen LogP contribution in [0.3, 0.4) is 0 Å². The molecule has 0 saturated carbocycles. The van der Waals surface area contributed by atoms with Gasteiger partial charge in [0.25, 0.3) is 0 Å². The number of unbranched alkanes of at least 4 members (excludes halogenated alkanes) is 1. The monoisotopic (exact) mass is 232 g/mol. The molecule has 0 spiro atoms. The lowest BCUT2D eigenvalue weighted by molar-refractivity contribution is 0.113. The average molecular weight is 232 g/mol. The van der Waals surface area contributed by atoms with E-state index in [-0.39, 0.29) is 0 Å². The van der Waals surface area contributed by atoms with Crippen molar-refractivity contribution in [2.24, 2.45) is 5.73 Å². The van der Waals surface area contributed by atoms with Crippen molar-refractivity contribution < 1.29 is 9.47 Å². The first-order chi connectivity index (χ1) is 7.70. The molecule has 0 fully saturated rings. The Hall–Kier alpha value is -0.160. The summed E-state index contributed by atoms with van der Waals surface area (Å²) in [6, 6.07) is 0.325. The third-order valence-corrected chi connectivity index (χ3v) is 2.61. The molecule has 1 atom stereocenters. The number of hydrogen-bond donors (Lipinski definition) is 1. The van der Waals surface area contributed by atoms with Gasteiger partial charge >= 0.3 is 0 Å². The van der Waals surface area contributed by atoms with Gasteiger partial charge in [-0.15, -0.1) is 0 Å². The Labute approximate surface area is 100 Å². The molecule has 0 aliphatic carbocycles. The van der Waals surface area contributed by atoms with E-state index in [4.69, 9.17) is 15.2 Å². The summed E-state index contributed by atoms with van der Waals surface area (Å²) in [5, 5.41) is 0. The van der Waals surface area contributed by atoms with Gasteiger partial charge in [0.1, 0.15) is 0 Å². The van der Waals surface area contributed by atoms with Crippen LogP contribution in [0.5, 0.6) is 0 Å². The van der Waals surface area contributed by atoms with E-state index in [1.807, 2.05) is 0 Å². The van der Waals surface area contributed by atoms with Crippen LogP contribution in [0.4, 0.5) is 0 Å². The van der Waals surface area contributed by atoms with Crippen LogP contribution in [0.1, 0.15) is 26.2 Å². The lowest BCUT2D eigenvalue weighted by Gasteiger charge is -2.21. The molecule has 0 saturated heterocycles. The van der Waals surface area contributed by atoms with Crippen LogP contribution in [0, 0.1) is 0 Å². The molecule has 0 amide bonds. The summed E-state index contributed by atoms with van der Waals surface area (Å²) in [5.74, 6) is 0. The van der Waals surface area contributed by atoms with E-state index in [9.17, 15) is 0 Å². The van der Waals surface area contributed by atoms with Gasteiger partial charge < -0.3 is 15.2 Å². The van der Waals surface area contributed by atoms with E-state index < -0.39 is 0 Å². The van der Waals surface area contributed by atoms with Crippen molar-refractivity contribution in [2.75, 3.05) is 47.1 Å². The molecule has 0 aromatic heterocycles. The van der Waals surface area contributed by atoms with Crippen molar-refractivity contribution in [2.45, 2.75) is 32.2 Å². The minimum atomic E-state index is 0.325. The highest BCUT2D eigenvalue weighted by Gasteiger charge is 2.04. The molecule has 2 N–H and O–H groups in total. The average Bonchev–Trinajstić information content (AvgIpc) is 2.26. The van der Waals surface area contributed by atoms with Crippen LogP contribution in [0.25, 0.3) is 0 Å². The molecule has 0 heterocycles. The minimum absolute atomic E-state index is 0.325. The van der Waals surface area contributed by atoms with E-state index in [0.29, 0.717) is 6.04 Å². The molecular weight excluding hydrogens is 204 g/mol. The van der Waals surface area contributed by atoms with Crippen molar-refractivity contribution in [3.8, 4) is 0 Å². The fourth-order valence-corrected chi connectivity index (χ4v) is 1.58. The zero-order valence-electron chi connectivity index (χ0n) is 11.1. The molecule has 0 aromatic carbocycles. The molecule has 4 heteroatoms. The van der Waals surface area contributed by atoms with Gasteiger partial charge in [-0.25, -0.2) is 0 Å². The predicted octanol–water partition coefficient (Wildman–Crippen LogP) is 1.10. The summed E-state index contributed by atoms with van der Waals surface area (Å²) >= 11 is 0. The lowest BCUT2D eigenvalue weighted by Crippen LogP contribution is -2.31. The molecule has 4 nitrogen and oxygen atoms in total. The molecule has 0 bridgehead atoms. The highest BCUT2D eigenvalue weighted by molar-refractivity contribution is 4.59. The largest absolute Gasteiger partial charge is 0.383 e. The van der Waals surface area contributed by atoms with Crippen LogP contribution < -0.4 is 5.73 Å². The SMILES string of the molecule is COCCN(CCCCC(C)N)CCOC. The summed E-state index contributed by atoms with van der Waals surface area (Å²) in [5.41, 5.74) is 5.72. The zero-order valence-corrected chi connectivity index (χ0v) is 11.1. The standard InChI is InChI=1S/C12H28N2O2/c1-12(13)6-4-5-7-14(8-10-15-2)9-11-16-3/h12H,4-11,13H2,1-3H3. The molecule has 0 rings (SSSR count). The second-order valence-electron chi connectivity index (χ2n) is 4.30. The Bertz CT molecular complexity index is 135. The van der Waals surface area contributed by atoms with Crippen LogP contribution in [0.15, 0.2) is 0 Å². The minimum Gasteiger partial charge on any atom is -0.383 e. The van der Waals surface area contributed by atoms with Crippen LogP contribution >= 0.6 is 0 Å². The van der Waals surface area contributed by atoms with Gasteiger partial charge in [0, 0.05) is 33.4 Å². The van der Waals surface area contributed by atoms with E-state index in [0.717, 1.165) is 39.3 Å². The summed E-state index contributed by atoms with van der Waals surface area (Å²) in [4.78, 5) is 2.38. The highest BCUT2D eigenvalue weighted by atomic mass is 16.5. The Morgan fingerprint density at radius 1 is 1.00 bits per heavy atom. The number of nitrogens with zero attached hydrogens (tertiary/aromatic N) is 1. The van der Waals surface area contributed by atoms with E-state index in [1.165, 1.54) is 12.8 Å². The quantitative estimate of drug-likeness (QED) is 0.542. The molecule has 0 aliphatic rings. The second kappa shape index (κ2) is 11.3. The molecule has 98 valence electrons. The number of rotatable bonds is 11. The summed E-state index contributed by atoms with van der Waals surface area (Å²) in [6.07, 6.45) is 3.52. The van der Waals surface area contributed by atoms with Gasteiger partial charge in [-0.3, -0.25) is 4.90 Å². The smallest absolute Gasteiger partial charge is 0.0589 e. The van der Waals surface area contributed by atoms with Crippen molar-refractivity contribution in [1.29, 1.82) is 0 Å². The third-order valence-electron chi connectivity index (χ3n) is 2.61. The van der Waals surface area contributed by atoms with Crippen molar-refractivity contribution in [3.05, 3.63) is 0 Å². The molecule has 0 radical (unpaired) electrons. The maximum Gasteiger partial charge on any atom is 0.0589 e. The molecule has 0 aliphatic heterocycles. The highest BCUT2D eigenvalue weighted by Crippen LogP contribution is 2.01. The Morgan fingerprint density at radius 2 is 1.56 bits per heavy atom. The lowest BCUT2D eigenvalue weighted by atomic mass is 10.1. The number of ether oxygens (including phenoxy) is 2. The van der Waals surface area contributed by atoms with Crippen LogP contribution in [-0.4, -0.2) is 58.0 Å². The fraction of sp³-hybridized carbons (Fsp3) is 1.00. The molecule has 1 unspecified atom stereocenters. The van der Waals surface area contributed by atoms with E-state index in [2.05, 4.69) is 11.8 Å². The van der Waals surface area contributed by atoms with Gasteiger partial charge in [0.2, 0.25) is 0 Å². The van der Waals surface area contributed by atoms with Crippen LogP contribution in [0.2, 0.25) is 0 Å². The second-order valence-corrected chi connectivity index (χ2v) is 4.30. The Balaban J connectivity index is 3.56. The number of nitrogens with two attached hydrogens (primary N) is 1. The maximum absolute atomic E-state index is 5.72. The number of methoxy groups -OCH3 is 2. The first-order valence-electron chi connectivity index (χ1n) is 6.16. The predicted molar refractivity (Wildman–Crippen MR) is 67.7 cm³/mol. The van der Waals surface area contributed by atoms with Gasteiger partial charge in [0.15, 0.2) is 0 Å². The Kier molecular flexibility index (Phi) is 11.2. The maximum atomic E-state index is 5.72. The molecular formula is C12H28N2O2. The van der Waals surface area contributed by atoms with Gasteiger partial charge in [-0.2, -0.15) is 0 Å². The number of hydrogen-bond acceptors (Lipinski definition) is 4. The fourth-order valence-electron chi connectivity index (χ4n) is 1.58. The van der Waals surface area contributed by atoms with Crippen molar-refractivity contribution in [3.63, 3.8) is 0 Å². The third kappa shape index (κ3) is 10.4. The zero-order chi connectivity index (χ0) is 12.2. The molecule has 0 aromatic rings. The van der Waals surface area contributed by atoms with Gasteiger partial charge in [0.05, 0.1) is 13.2 Å². The Morgan fingerprint density at radius 3 is 2.00 bits per heavy atom. The summed E-state index contributed by atoms with van der Waals surface area (Å²) in [6.45, 7) is 6.72. The summed E-state index contributed by atoms with van der Waals surface area (Å²) in [7, 11) is 3.48. The van der Waals surface area contributed by atoms with Crippen LogP contribution in [-0.2, 0) is 9.47 Å². The first kappa shape index (κ1) is 15.8. The van der Waals surface area contributed by atoms with Crippen molar-refractivity contribution in [1.82, 2.24) is 4.90 Å². The van der Waals surface area contributed by atoms with E-state index in [1.54, 1.807) is 14.2 Å². The van der Waals surface area contributed by atoms with Crippen molar-refractivity contribution >= 4 is 0 Å². The summed E-state index contributed by atoms with van der Waals surface area (Å²) < 4.78 is 10.2. The van der Waals surface area contributed by atoms with Gasteiger partial charge in [-0.05, 0) is 26.3 Å². The molecule has 16 heavy (non-hydrogen) atoms. The normalized spacial score (nSPS) is 13.3. The van der Waals surface area contributed by atoms with Gasteiger partial charge in [-0.1, -0.05) is 6.42 Å². The van der Waals surface area contributed by atoms with E-state index >= 15 is 0 Å². The first-order valence-corrected chi connectivity index (χ1v) is 6.16. The topological polar surface area (TPSA) is 47.7 Å².